The summed E-state index contributed by atoms with van der Waals surface area (Å²) in [5.41, 5.74) is 0. The zero-order valence-electron chi connectivity index (χ0n) is 10.8. The third-order valence-electron chi connectivity index (χ3n) is 3.50. The molecule has 1 fully saturated rings. The van der Waals surface area contributed by atoms with Gasteiger partial charge in [-0.2, -0.15) is 0 Å². The van der Waals surface area contributed by atoms with Crippen LogP contribution in [-0.4, -0.2) is 71.9 Å². The lowest BCUT2D eigenvalue weighted by Crippen LogP contribution is -2.44. The summed E-state index contributed by atoms with van der Waals surface area (Å²) in [5, 5.41) is 18.3. The van der Waals surface area contributed by atoms with Crippen LogP contribution >= 0.6 is 0 Å². The first-order valence-corrected chi connectivity index (χ1v) is 6.27. The van der Waals surface area contributed by atoms with Gasteiger partial charge in [0.2, 0.25) is 0 Å². The Balaban J connectivity index is 2.23. The predicted octanol–water partition coefficient (Wildman–Crippen LogP) is 0.238. The number of rotatable bonds is 6. The topological polar surface area (TPSA) is 64.0 Å². The Hall–Kier alpha value is -0.650. The molecule has 17 heavy (non-hydrogen) atoms. The molecule has 1 saturated heterocycles. The smallest absolute Gasteiger partial charge is 0.303 e. The number of carboxylic acid groups (broad SMARTS) is 1. The third-order valence-corrected chi connectivity index (χ3v) is 3.50. The fourth-order valence-electron chi connectivity index (χ4n) is 2.30. The Morgan fingerprint density at radius 3 is 2.59 bits per heavy atom. The van der Waals surface area contributed by atoms with Crippen molar-refractivity contribution in [3.8, 4) is 0 Å². The van der Waals surface area contributed by atoms with Gasteiger partial charge in [-0.05, 0) is 46.4 Å². The fourth-order valence-corrected chi connectivity index (χ4v) is 2.30. The second-order valence-corrected chi connectivity index (χ2v) is 5.06. The zero-order chi connectivity index (χ0) is 12.8. The van der Waals surface area contributed by atoms with Crippen LogP contribution in [0, 0.1) is 0 Å². The van der Waals surface area contributed by atoms with Crippen LogP contribution in [0.25, 0.3) is 0 Å². The number of carbonyl (C=O) groups is 1. The SMILES string of the molecule is CN1CCC(N(C)CC(O)CCC(=O)O)CC1. The summed E-state index contributed by atoms with van der Waals surface area (Å²) in [6, 6.07) is 0.519. The number of likely N-dealkylation sites (tertiary alicyclic amines) is 1. The lowest BCUT2D eigenvalue weighted by Gasteiger charge is -2.35. The van der Waals surface area contributed by atoms with Gasteiger partial charge in [0.1, 0.15) is 0 Å². The first-order valence-electron chi connectivity index (χ1n) is 6.27. The first kappa shape index (κ1) is 14.4. The minimum absolute atomic E-state index is 0.0441. The molecule has 0 saturated carbocycles. The van der Waals surface area contributed by atoms with Crippen molar-refractivity contribution >= 4 is 5.97 Å². The Morgan fingerprint density at radius 2 is 2.06 bits per heavy atom. The Labute approximate surface area is 103 Å². The molecule has 0 bridgehead atoms. The highest BCUT2D eigenvalue weighted by molar-refractivity contribution is 5.66. The summed E-state index contributed by atoms with van der Waals surface area (Å²) in [6.45, 7) is 2.77. The molecular weight excluding hydrogens is 220 g/mol. The van der Waals surface area contributed by atoms with Crippen LogP contribution < -0.4 is 0 Å². The van der Waals surface area contributed by atoms with Gasteiger partial charge in [-0.15, -0.1) is 0 Å². The molecule has 0 amide bonds. The molecule has 0 aromatic heterocycles. The van der Waals surface area contributed by atoms with E-state index in [1.807, 2.05) is 7.05 Å². The van der Waals surface area contributed by atoms with Gasteiger partial charge in [0.15, 0.2) is 0 Å². The number of likely N-dealkylation sites (N-methyl/N-ethyl adjacent to an activating group) is 1. The van der Waals surface area contributed by atoms with E-state index in [1.54, 1.807) is 0 Å². The van der Waals surface area contributed by atoms with Gasteiger partial charge >= 0.3 is 5.97 Å². The quantitative estimate of drug-likeness (QED) is 0.700. The molecule has 1 rings (SSSR count). The zero-order valence-corrected chi connectivity index (χ0v) is 10.8. The van der Waals surface area contributed by atoms with E-state index in [1.165, 1.54) is 0 Å². The second-order valence-electron chi connectivity index (χ2n) is 5.06. The Kier molecular flexibility index (Phi) is 5.88. The van der Waals surface area contributed by atoms with Gasteiger partial charge in [0.25, 0.3) is 0 Å². The molecule has 0 radical (unpaired) electrons. The normalized spacial score (nSPS) is 20.7. The molecule has 5 nitrogen and oxygen atoms in total. The maximum atomic E-state index is 10.4. The number of nitrogens with zero attached hydrogens (tertiary/aromatic N) is 2. The Bertz CT molecular complexity index is 240. The van der Waals surface area contributed by atoms with Crippen LogP contribution in [0.15, 0.2) is 0 Å². The van der Waals surface area contributed by atoms with E-state index in [-0.39, 0.29) is 6.42 Å². The summed E-state index contributed by atoms with van der Waals surface area (Å²) < 4.78 is 0. The second kappa shape index (κ2) is 6.93. The lowest BCUT2D eigenvalue weighted by atomic mass is 10.0. The monoisotopic (exact) mass is 244 g/mol. The van der Waals surface area contributed by atoms with Gasteiger partial charge in [0.05, 0.1) is 6.10 Å². The van der Waals surface area contributed by atoms with Crippen LogP contribution in [0.1, 0.15) is 25.7 Å². The van der Waals surface area contributed by atoms with Crippen molar-refractivity contribution < 1.29 is 15.0 Å². The minimum atomic E-state index is -0.842. The van der Waals surface area contributed by atoms with Crippen molar-refractivity contribution in [2.24, 2.45) is 0 Å². The Morgan fingerprint density at radius 1 is 1.47 bits per heavy atom. The van der Waals surface area contributed by atoms with Crippen LogP contribution in [-0.2, 0) is 4.79 Å². The van der Waals surface area contributed by atoms with E-state index in [0.717, 1.165) is 25.9 Å². The predicted molar refractivity (Wildman–Crippen MR) is 66.0 cm³/mol. The minimum Gasteiger partial charge on any atom is -0.481 e. The number of aliphatic hydroxyl groups is 1. The summed E-state index contributed by atoms with van der Waals surface area (Å²) in [5.74, 6) is -0.842. The molecule has 1 unspecified atom stereocenters. The number of aliphatic hydroxyl groups excluding tert-OH is 1. The molecule has 1 atom stereocenters. The average molecular weight is 244 g/mol. The molecule has 1 aliphatic rings. The number of aliphatic carboxylic acids is 1. The van der Waals surface area contributed by atoms with Crippen LogP contribution in [0.4, 0.5) is 0 Å². The van der Waals surface area contributed by atoms with Crippen molar-refractivity contribution in [2.75, 3.05) is 33.7 Å². The number of hydrogen-bond donors (Lipinski definition) is 2. The van der Waals surface area contributed by atoms with E-state index in [9.17, 15) is 9.90 Å². The van der Waals surface area contributed by atoms with Crippen LogP contribution in [0.3, 0.4) is 0 Å². The van der Waals surface area contributed by atoms with Crippen molar-refractivity contribution in [3.05, 3.63) is 0 Å². The average Bonchev–Trinajstić information content (AvgIpc) is 2.27. The van der Waals surface area contributed by atoms with Gasteiger partial charge in [-0.1, -0.05) is 0 Å². The van der Waals surface area contributed by atoms with E-state index in [0.29, 0.717) is 19.0 Å². The summed E-state index contributed by atoms with van der Waals surface area (Å²) in [6.07, 6.45) is 2.10. The lowest BCUT2D eigenvalue weighted by molar-refractivity contribution is -0.137. The highest BCUT2D eigenvalue weighted by atomic mass is 16.4. The number of hydrogen-bond acceptors (Lipinski definition) is 4. The molecule has 0 spiro atoms. The highest BCUT2D eigenvalue weighted by Crippen LogP contribution is 2.14. The third kappa shape index (κ3) is 5.48. The molecule has 1 aliphatic heterocycles. The van der Waals surface area contributed by atoms with Crippen molar-refractivity contribution in [1.29, 1.82) is 0 Å². The van der Waals surface area contributed by atoms with Gasteiger partial charge in [0, 0.05) is 19.0 Å². The van der Waals surface area contributed by atoms with Crippen molar-refractivity contribution in [2.45, 2.75) is 37.8 Å². The molecule has 1 heterocycles. The standard InChI is InChI=1S/C12H24N2O3/c1-13-7-5-10(6-8-13)14(2)9-11(15)3-4-12(16)17/h10-11,15H,3-9H2,1-2H3,(H,16,17). The van der Waals surface area contributed by atoms with E-state index >= 15 is 0 Å². The number of piperidine rings is 1. The van der Waals surface area contributed by atoms with Gasteiger partial charge < -0.3 is 20.0 Å². The summed E-state index contributed by atoms with van der Waals surface area (Å²) in [7, 11) is 4.14. The molecule has 0 aromatic rings. The van der Waals surface area contributed by atoms with Crippen LogP contribution in [0.2, 0.25) is 0 Å². The summed E-state index contributed by atoms with van der Waals surface area (Å²) >= 11 is 0. The molecule has 0 aromatic carbocycles. The first-order chi connectivity index (χ1) is 7.99. The van der Waals surface area contributed by atoms with Crippen molar-refractivity contribution in [3.63, 3.8) is 0 Å². The molecule has 5 heteroatoms. The van der Waals surface area contributed by atoms with E-state index in [4.69, 9.17) is 5.11 Å². The van der Waals surface area contributed by atoms with Crippen LogP contribution in [0.5, 0.6) is 0 Å². The summed E-state index contributed by atoms with van der Waals surface area (Å²) in [4.78, 5) is 14.9. The largest absolute Gasteiger partial charge is 0.481 e. The number of carboxylic acids is 1. The fraction of sp³-hybridized carbons (Fsp3) is 0.917. The molecular formula is C12H24N2O3. The van der Waals surface area contributed by atoms with Crippen molar-refractivity contribution in [1.82, 2.24) is 9.80 Å². The molecule has 2 N–H and O–H groups in total. The highest BCUT2D eigenvalue weighted by Gasteiger charge is 2.22. The van der Waals surface area contributed by atoms with Gasteiger partial charge in [-0.25, -0.2) is 0 Å². The van der Waals surface area contributed by atoms with E-state index < -0.39 is 12.1 Å². The van der Waals surface area contributed by atoms with Gasteiger partial charge in [-0.3, -0.25) is 4.79 Å². The maximum absolute atomic E-state index is 10.4. The van der Waals surface area contributed by atoms with E-state index in [2.05, 4.69) is 16.8 Å². The molecule has 100 valence electrons. The molecule has 0 aliphatic carbocycles. The maximum Gasteiger partial charge on any atom is 0.303 e.